The molecule has 2 aromatic carbocycles. The Kier molecular flexibility index (Phi) is 17.4. The number of aromatic nitrogens is 3. The van der Waals surface area contributed by atoms with Crippen LogP contribution in [0.2, 0.25) is 38.8 Å². The smallest absolute Gasteiger partial charge is 0.346 e. The second-order valence-corrected chi connectivity index (χ2v) is 30.0. The Balaban J connectivity index is 1.95. The molecule has 0 aliphatic carbocycles. The minimum absolute atomic E-state index is 0.233. The Bertz CT molecular complexity index is 1980. The highest BCUT2D eigenvalue weighted by Gasteiger charge is 2.31. The van der Waals surface area contributed by atoms with Crippen molar-refractivity contribution in [2.45, 2.75) is 151 Å². The van der Waals surface area contributed by atoms with Gasteiger partial charge in [-0.25, -0.2) is 19.2 Å². The molecule has 0 bridgehead atoms. The fourth-order valence-electron chi connectivity index (χ4n) is 5.81. The van der Waals surface area contributed by atoms with E-state index < -0.39 is 62.9 Å². The number of benzene rings is 2. The first-order chi connectivity index (χ1) is 29.1. The lowest BCUT2D eigenvalue weighted by molar-refractivity contribution is -0.160. The number of carbonyl (C=O) groups excluding carboxylic acids is 4. The highest BCUT2D eigenvalue weighted by atomic mass is 28.4. The van der Waals surface area contributed by atoms with E-state index in [-0.39, 0.29) is 23.0 Å². The lowest BCUT2D eigenvalue weighted by Gasteiger charge is -2.31. The third-order valence-electron chi connectivity index (χ3n) is 7.89. The number of hydrogen-bond acceptors (Lipinski definition) is 15. The van der Waals surface area contributed by atoms with Gasteiger partial charge in [0, 0.05) is 17.9 Å². The fourth-order valence-corrected chi connectivity index (χ4v) is 13.9. The highest BCUT2D eigenvalue weighted by Crippen LogP contribution is 2.25. The minimum atomic E-state index is -1.87. The van der Waals surface area contributed by atoms with E-state index in [1.54, 1.807) is 132 Å². The van der Waals surface area contributed by atoms with Crippen LogP contribution in [0.4, 0.5) is 29.2 Å². The molecule has 3 rings (SSSR count). The highest BCUT2D eigenvalue weighted by molar-refractivity contribution is 6.84. The van der Waals surface area contributed by atoms with Crippen LogP contribution in [0, 0.1) is 0 Å². The molecule has 3 aromatic rings. The molecular formula is C47H70N6O9Si2. The number of esters is 4. The molecule has 0 atom stereocenters. The summed E-state index contributed by atoms with van der Waals surface area (Å²) in [6.07, 6.45) is 3.73. The average molecular weight is 919 g/mol. The second-order valence-electron chi connectivity index (χ2n) is 20.9. The zero-order valence-electron chi connectivity index (χ0n) is 40.9. The monoisotopic (exact) mass is 918 g/mol. The molecule has 1 heterocycles. The van der Waals surface area contributed by atoms with Crippen molar-refractivity contribution >= 4 is 81.9 Å². The molecule has 15 nitrogen and oxygen atoms in total. The van der Waals surface area contributed by atoms with Crippen LogP contribution < -0.4 is 16.0 Å². The van der Waals surface area contributed by atoms with Gasteiger partial charge in [-0.05, 0) is 176 Å². The van der Waals surface area contributed by atoms with Gasteiger partial charge in [0.15, 0.2) is 16.6 Å². The van der Waals surface area contributed by atoms with Crippen molar-refractivity contribution < 1.29 is 42.2 Å². The van der Waals surface area contributed by atoms with Crippen molar-refractivity contribution in [3.63, 3.8) is 0 Å². The number of hydrogen-bond donors (Lipinski definition) is 3. The van der Waals surface area contributed by atoms with Crippen LogP contribution >= 0.6 is 0 Å². The summed E-state index contributed by atoms with van der Waals surface area (Å²) in [6, 6.07) is 14.9. The molecule has 0 fully saturated rings. The van der Waals surface area contributed by atoms with Gasteiger partial charge in [0.05, 0.1) is 0 Å². The van der Waals surface area contributed by atoms with E-state index in [0.717, 1.165) is 12.5 Å². The molecule has 1 aromatic heterocycles. The molecule has 17 heteroatoms. The molecule has 0 aliphatic rings. The molecule has 0 spiro atoms. The largest absolute Gasteiger partial charge is 0.456 e. The summed E-state index contributed by atoms with van der Waals surface area (Å²) in [5.41, 5.74) is -1.40. The molecule has 0 unspecified atom stereocenters. The number of ether oxygens (including phenoxy) is 4. The molecule has 0 amide bonds. The summed E-state index contributed by atoms with van der Waals surface area (Å²) < 4.78 is 28.6. The van der Waals surface area contributed by atoms with Gasteiger partial charge < -0.3 is 39.0 Å². The Morgan fingerprint density at radius 1 is 0.516 bits per heavy atom. The summed E-state index contributed by atoms with van der Waals surface area (Å²) in [5.74, 6) is -2.35. The topological polar surface area (TPSA) is 189 Å². The lowest BCUT2D eigenvalue weighted by Crippen LogP contribution is -2.42. The van der Waals surface area contributed by atoms with E-state index >= 15 is 0 Å². The zero-order chi connectivity index (χ0) is 48.5. The first-order valence-electron chi connectivity index (χ1n) is 21.5. The van der Waals surface area contributed by atoms with Gasteiger partial charge in [-0.15, -0.1) is 0 Å². The molecule has 350 valence electrons. The Hall–Kier alpha value is -5.40. The molecular weight excluding hydrogens is 849 g/mol. The average Bonchev–Trinajstić information content (AvgIpc) is 3.08. The fraction of sp³-hybridized carbons (Fsp3) is 0.511. The predicted molar refractivity (Wildman–Crippen MR) is 258 cm³/mol. The van der Waals surface area contributed by atoms with Gasteiger partial charge in [-0.1, -0.05) is 24.3 Å². The SMILES string of the molecule is CC(C)(C)OC(=O)C(=Cc1ccc(Nc2nc(NCCC[Si](C)(C)O[Si](C)(C)C)nc(Nc3ccc(C=C(C(=O)OC(C)(C)C)C(=O)OC(C)(C)C)cc3)n2)cc1)C(=O)OC(C)(C)C. The Morgan fingerprint density at radius 3 is 1.12 bits per heavy atom. The second kappa shape index (κ2) is 21.1. The maximum Gasteiger partial charge on any atom is 0.346 e. The summed E-state index contributed by atoms with van der Waals surface area (Å²) in [7, 11) is -3.55. The first kappa shape index (κ1) is 52.9. The maximum absolute atomic E-state index is 13.1. The lowest BCUT2D eigenvalue weighted by atomic mass is 10.1. The third kappa shape index (κ3) is 20.4. The van der Waals surface area contributed by atoms with Crippen molar-refractivity contribution in [2.75, 3.05) is 22.5 Å². The molecule has 0 radical (unpaired) electrons. The van der Waals surface area contributed by atoms with E-state index in [1.807, 2.05) is 0 Å². The van der Waals surface area contributed by atoms with Gasteiger partial charge in [0.25, 0.3) is 0 Å². The summed E-state index contributed by atoms with van der Waals surface area (Å²) >= 11 is 0. The molecule has 0 saturated heterocycles. The maximum atomic E-state index is 13.1. The van der Waals surface area contributed by atoms with Gasteiger partial charge >= 0.3 is 23.9 Å². The number of rotatable bonds is 17. The molecule has 0 aliphatic heterocycles. The zero-order valence-corrected chi connectivity index (χ0v) is 42.9. The van der Waals surface area contributed by atoms with E-state index in [1.165, 1.54) is 12.2 Å². The molecule has 0 saturated carbocycles. The van der Waals surface area contributed by atoms with E-state index in [0.29, 0.717) is 35.0 Å². The number of nitrogens with one attached hydrogen (secondary N) is 3. The standard InChI is InChI=1S/C47H70N6O9Si2/c1-44(2,3)58-37(54)35(38(55)59-45(4,5)6)29-31-19-23-33(24-20-31)49-42-51-41(48-27-18-28-64(16,17)62-63(13,14)15)52-43(53-42)50-34-25-21-32(22-26-34)30-36(39(56)60-46(7,8)9)40(57)61-47(10,11)12/h19-26,29-30H,18,27-28H2,1-17H3,(H3,48,49,50,51,52,53). The van der Waals surface area contributed by atoms with Crippen LogP contribution in [0.25, 0.3) is 12.2 Å². The van der Waals surface area contributed by atoms with Gasteiger partial charge in [0.1, 0.15) is 33.6 Å². The Morgan fingerprint density at radius 2 is 0.828 bits per heavy atom. The normalized spacial score (nSPS) is 12.3. The number of carbonyl (C=O) groups is 4. The van der Waals surface area contributed by atoms with Crippen molar-refractivity contribution in [3.8, 4) is 0 Å². The number of anilines is 5. The number of nitrogens with zero attached hydrogens (tertiary/aromatic N) is 3. The predicted octanol–water partition coefficient (Wildman–Crippen LogP) is 10.4. The summed E-state index contributed by atoms with van der Waals surface area (Å²) in [4.78, 5) is 66.4. The Labute approximate surface area is 381 Å². The summed E-state index contributed by atoms with van der Waals surface area (Å²) in [5, 5.41) is 9.81. The van der Waals surface area contributed by atoms with Crippen molar-refractivity contribution in [1.29, 1.82) is 0 Å². The van der Waals surface area contributed by atoms with E-state index in [2.05, 4.69) is 63.6 Å². The first-order valence-corrected chi connectivity index (χ1v) is 28.0. The minimum Gasteiger partial charge on any atom is -0.456 e. The molecule has 3 N–H and O–H groups in total. The van der Waals surface area contributed by atoms with Crippen molar-refractivity contribution in [1.82, 2.24) is 15.0 Å². The van der Waals surface area contributed by atoms with Crippen LogP contribution in [-0.2, 0) is 42.2 Å². The third-order valence-corrected chi connectivity index (χ3v) is 14.1. The molecule has 64 heavy (non-hydrogen) atoms. The summed E-state index contributed by atoms with van der Waals surface area (Å²) in [6.45, 7) is 32.4. The van der Waals surface area contributed by atoms with Crippen LogP contribution in [0.15, 0.2) is 59.7 Å². The van der Waals surface area contributed by atoms with Crippen LogP contribution in [0.1, 0.15) is 101 Å². The van der Waals surface area contributed by atoms with Crippen molar-refractivity contribution in [2.24, 2.45) is 0 Å². The van der Waals surface area contributed by atoms with Crippen molar-refractivity contribution in [3.05, 3.63) is 70.8 Å². The van der Waals surface area contributed by atoms with E-state index in [4.69, 9.17) is 23.1 Å². The quantitative estimate of drug-likeness (QED) is 0.0220. The van der Waals surface area contributed by atoms with Gasteiger partial charge in [0.2, 0.25) is 17.8 Å². The van der Waals surface area contributed by atoms with Crippen LogP contribution in [0.3, 0.4) is 0 Å². The van der Waals surface area contributed by atoms with E-state index in [9.17, 15) is 19.2 Å². The van der Waals surface area contributed by atoms with Gasteiger partial charge in [-0.3, -0.25) is 0 Å². The van der Waals surface area contributed by atoms with Crippen LogP contribution in [0.5, 0.6) is 0 Å². The van der Waals surface area contributed by atoms with Gasteiger partial charge in [-0.2, -0.15) is 15.0 Å². The van der Waals surface area contributed by atoms with Crippen LogP contribution in [-0.4, -0.2) is 84.4 Å².